The lowest BCUT2D eigenvalue weighted by atomic mass is 9.94. The van der Waals surface area contributed by atoms with E-state index in [1.165, 1.54) is 0 Å². The summed E-state index contributed by atoms with van der Waals surface area (Å²) in [5, 5.41) is 9.06. The van der Waals surface area contributed by atoms with Gasteiger partial charge in [0.15, 0.2) is 0 Å². The lowest BCUT2D eigenvalue weighted by Gasteiger charge is -2.20. The summed E-state index contributed by atoms with van der Waals surface area (Å²) in [7, 11) is -1.78. The highest BCUT2D eigenvalue weighted by molar-refractivity contribution is 7.89. The van der Waals surface area contributed by atoms with E-state index in [9.17, 15) is 8.42 Å². The van der Waals surface area contributed by atoms with Crippen LogP contribution in [0.2, 0.25) is 0 Å². The third-order valence-corrected chi connectivity index (χ3v) is 3.79. The molecule has 0 aliphatic rings. The molecule has 0 saturated heterocycles. The van der Waals surface area contributed by atoms with Gasteiger partial charge in [-0.1, -0.05) is 20.8 Å². The van der Waals surface area contributed by atoms with Crippen molar-refractivity contribution in [1.29, 1.82) is 0 Å². The van der Waals surface area contributed by atoms with Crippen LogP contribution in [0.4, 0.5) is 0 Å². The van der Waals surface area contributed by atoms with Gasteiger partial charge < -0.3 is 9.84 Å². The number of aliphatic hydroxyl groups excluding tert-OH is 1. The molecule has 0 aliphatic heterocycles. The molecule has 104 valence electrons. The molecule has 0 spiro atoms. The molecule has 0 radical (unpaired) electrons. The summed E-state index contributed by atoms with van der Waals surface area (Å²) < 4.78 is 30.8. The fourth-order valence-corrected chi connectivity index (χ4v) is 2.90. The molecule has 0 amide bonds. The number of methoxy groups -OCH3 is 1. The number of sulfonamides is 1. The van der Waals surface area contributed by atoms with Crippen molar-refractivity contribution in [1.82, 2.24) is 4.72 Å². The van der Waals surface area contributed by atoms with Gasteiger partial charge in [0.2, 0.25) is 10.0 Å². The highest BCUT2D eigenvalue weighted by Gasteiger charge is 2.20. The molecule has 0 fully saturated rings. The molecule has 0 aromatic rings. The van der Waals surface area contributed by atoms with Crippen LogP contribution in [-0.2, 0) is 14.8 Å². The summed E-state index contributed by atoms with van der Waals surface area (Å²) in [5.41, 5.74) is -0.0179. The molecule has 1 atom stereocenters. The van der Waals surface area contributed by atoms with Crippen molar-refractivity contribution in [3.63, 3.8) is 0 Å². The fourth-order valence-electron chi connectivity index (χ4n) is 1.20. The fraction of sp³-hybridized carbons (Fsp3) is 1.00. The quantitative estimate of drug-likeness (QED) is 0.680. The van der Waals surface area contributed by atoms with E-state index in [1.807, 2.05) is 20.8 Å². The Hall–Kier alpha value is -0.170. The Bertz CT molecular complexity index is 295. The predicted molar refractivity (Wildman–Crippen MR) is 68.4 cm³/mol. The predicted octanol–water partition coefficient (Wildman–Crippen LogP) is 0.739. The summed E-state index contributed by atoms with van der Waals surface area (Å²) in [6.45, 7) is 6.20. The number of rotatable bonds is 8. The van der Waals surface area contributed by atoms with Crippen LogP contribution in [0.25, 0.3) is 0 Å². The van der Waals surface area contributed by atoms with E-state index in [0.717, 1.165) is 0 Å². The maximum absolute atomic E-state index is 11.7. The molecule has 1 unspecified atom stereocenters. The molecule has 17 heavy (non-hydrogen) atoms. The average molecular weight is 267 g/mol. The lowest BCUT2D eigenvalue weighted by Crippen LogP contribution is -2.40. The van der Waals surface area contributed by atoms with Gasteiger partial charge in [-0.05, 0) is 18.3 Å². The van der Waals surface area contributed by atoms with Crippen LogP contribution in [0, 0.1) is 5.41 Å². The van der Waals surface area contributed by atoms with E-state index in [0.29, 0.717) is 19.4 Å². The highest BCUT2D eigenvalue weighted by atomic mass is 32.2. The van der Waals surface area contributed by atoms with Gasteiger partial charge in [0.05, 0.1) is 12.4 Å². The van der Waals surface area contributed by atoms with Crippen molar-refractivity contribution in [2.45, 2.75) is 39.7 Å². The van der Waals surface area contributed by atoms with Gasteiger partial charge in [0, 0.05) is 19.8 Å². The molecule has 2 N–H and O–H groups in total. The zero-order valence-electron chi connectivity index (χ0n) is 11.2. The second kappa shape index (κ2) is 7.31. The lowest BCUT2D eigenvalue weighted by molar-refractivity contribution is 0.166. The van der Waals surface area contributed by atoms with Gasteiger partial charge in [-0.2, -0.15) is 0 Å². The monoisotopic (exact) mass is 267 g/mol. The molecule has 0 aromatic carbocycles. The Morgan fingerprint density at radius 1 is 1.35 bits per heavy atom. The van der Waals surface area contributed by atoms with Crippen molar-refractivity contribution < 1.29 is 18.3 Å². The Labute approximate surface area is 105 Å². The largest absolute Gasteiger partial charge is 0.395 e. The SMILES string of the molecule is COCCC(CO)NS(=O)(=O)CCC(C)(C)C. The first-order valence-corrected chi connectivity index (χ1v) is 7.45. The third-order valence-electron chi connectivity index (χ3n) is 2.36. The first-order chi connectivity index (χ1) is 7.70. The van der Waals surface area contributed by atoms with E-state index in [1.54, 1.807) is 7.11 Å². The van der Waals surface area contributed by atoms with Crippen molar-refractivity contribution in [3.05, 3.63) is 0 Å². The van der Waals surface area contributed by atoms with Crippen LogP contribution in [0.3, 0.4) is 0 Å². The van der Waals surface area contributed by atoms with Crippen LogP contribution in [0.1, 0.15) is 33.6 Å². The van der Waals surface area contributed by atoms with Crippen LogP contribution >= 0.6 is 0 Å². The maximum Gasteiger partial charge on any atom is 0.211 e. The normalized spacial score (nSPS) is 14.9. The molecular weight excluding hydrogens is 242 g/mol. The summed E-state index contributed by atoms with van der Waals surface area (Å²) in [6.07, 6.45) is 1.06. The van der Waals surface area contributed by atoms with Gasteiger partial charge in [-0.25, -0.2) is 13.1 Å². The van der Waals surface area contributed by atoms with E-state index >= 15 is 0 Å². The topological polar surface area (TPSA) is 75.6 Å². The van der Waals surface area contributed by atoms with Gasteiger partial charge in [-0.3, -0.25) is 0 Å². The Morgan fingerprint density at radius 2 is 1.94 bits per heavy atom. The van der Waals surface area contributed by atoms with E-state index < -0.39 is 16.1 Å². The zero-order chi connectivity index (χ0) is 13.5. The molecule has 5 nitrogen and oxygen atoms in total. The smallest absolute Gasteiger partial charge is 0.211 e. The minimum Gasteiger partial charge on any atom is -0.395 e. The van der Waals surface area contributed by atoms with Crippen molar-refractivity contribution in [2.75, 3.05) is 26.1 Å². The third kappa shape index (κ3) is 9.52. The number of aliphatic hydroxyl groups is 1. The number of hydrogen-bond acceptors (Lipinski definition) is 4. The van der Waals surface area contributed by atoms with Crippen molar-refractivity contribution in [2.24, 2.45) is 5.41 Å². The second-order valence-corrected chi connectivity index (χ2v) is 7.28. The Kier molecular flexibility index (Phi) is 7.23. The van der Waals surface area contributed by atoms with E-state index in [4.69, 9.17) is 9.84 Å². The van der Waals surface area contributed by atoms with Crippen LogP contribution < -0.4 is 4.72 Å². The maximum atomic E-state index is 11.7. The molecule has 0 saturated carbocycles. The minimum absolute atomic E-state index is 0.0179. The molecular formula is C11H25NO4S. The Balaban J connectivity index is 4.22. The molecule has 0 aliphatic carbocycles. The Morgan fingerprint density at radius 3 is 2.35 bits per heavy atom. The molecule has 6 heteroatoms. The second-order valence-electron chi connectivity index (χ2n) is 5.41. The average Bonchev–Trinajstić information content (AvgIpc) is 2.20. The first kappa shape index (κ1) is 16.8. The van der Waals surface area contributed by atoms with E-state index in [2.05, 4.69) is 4.72 Å². The molecule has 0 rings (SSSR count). The van der Waals surface area contributed by atoms with Crippen LogP contribution in [0.5, 0.6) is 0 Å². The number of ether oxygens (including phenoxy) is 1. The molecule has 0 heterocycles. The van der Waals surface area contributed by atoms with E-state index in [-0.39, 0.29) is 17.8 Å². The summed E-state index contributed by atoms with van der Waals surface area (Å²) in [5.74, 6) is 0.0833. The molecule has 0 aromatic heterocycles. The van der Waals surface area contributed by atoms with Crippen LogP contribution in [-0.4, -0.2) is 45.6 Å². The standard InChI is InChI=1S/C11H25NO4S/c1-11(2,3)6-8-17(14,15)12-10(9-13)5-7-16-4/h10,12-13H,5-9H2,1-4H3. The minimum atomic E-state index is -3.32. The zero-order valence-corrected chi connectivity index (χ0v) is 12.0. The van der Waals surface area contributed by atoms with Gasteiger partial charge in [0.25, 0.3) is 0 Å². The number of hydrogen-bond donors (Lipinski definition) is 2. The van der Waals surface area contributed by atoms with Crippen molar-refractivity contribution >= 4 is 10.0 Å². The summed E-state index contributed by atoms with van der Waals surface area (Å²) in [6, 6.07) is -0.458. The first-order valence-electron chi connectivity index (χ1n) is 5.80. The number of nitrogens with one attached hydrogen (secondary N) is 1. The molecule has 0 bridgehead atoms. The van der Waals surface area contributed by atoms with Gasteiger partial charge in [-0.15, -0.1) is 0 Å². The van der Waals surface area contributed by atoms with Gasteiger partial charge >= 0.3 is 0 Å². The highest BCUT2D eigenvalue weighted by Crippen LogP contribution is 2.19. The van der Waals surface area contributed by atoms with Crippen LogP contribution in [0.15, 0.2) is 0 Å². The van der Waals surface area contributed by atoms with Crippen molar-refractivity contribution in [3.8, 4) is 0 Å². The summed E-state index contributed by atoms with van der Waals surface area (Å²) >= 11 is 0. The van der Waals surface area contributed by atoms with Gasteiger partial charge in [0.1, 0.15) is 0 Å². The summed E-state index contributed by atoms with van der Waals surface area (Å²) in [4.78, 5) is 0.